The van der Waals surface area contributed by atoms with Gasteiger partial charge in [0.1, 0.15) is 0 Å². The SMILES string of the molecule is COC(=O)CN1CCCC(NC(=O)C(C)C)C1. The minimum Gasteiger partial charge on any atom is -0.468 e. The average molecular weight is 242 g/mol. The van der Waals surface area contributed by atoms with Gasteiger partial charge >= 0.3 is 5.97 Å². The van der Waals surface area contributed by atoms with E-state index >= 15 is 0 Å². The lowest BCUT2D eigenvalue weighted by molar-refractivity contribution is -0.142. The number of piperidine rings is 1. The van der Waals surface area contributed by atoms with Crippen molar-refractivity contribution in [2.45, 2.75) is 32.7 Å². The lowest BCUT2D eigenvalue weighted by atomic mass is 10.0. The Kier molecular flexibility index (Phi) is 5.41. The molecule has 5 heteroatoms. The molecule has 0 radical (unpaired) electrons. The minimum absolute atomic E-state index is 0.00554. The van der Waals surface area contributed by atoms with Crippen LogP contribution in [-0.2, 0) is 14.3 Å². The predicted molar refractivity (Wildman–Crippen MR) is 64.5 cm³/mol. The summed E-state index contributed by atoms with van der Waals surface area (Å²) >= 11 is 0. The van der Waals surface area contributed by atoms with E-state index in [2.05, 4.69) is 10.1 Å². The van der Waals surface area contributed by atoms with Crippen LogP contribution < -0.4 is 5.32 Å². The topological polar surface area (TPSA) is 58.6 Å². The molecule has 0 bridgehead atoms. The van der Waals surface area contributed by atoms with Gasteiger partial charge < -0.3 is 10.1 Å². The Morgan fingerprint density at radius 2 is 2.18 bits per heavy atom. The third-order valence-electron chi connectivity index (χ3n) is 2.96. The summed E-state index contributed by atoms with van der Waals surface area (Å²) in [5, 5.41) is 3.01. The monoisotopic (exact) mass is 242 g/mol. The van der Waals surface area contributed by atoms with Gasteiger partial charge in [0.15, 0.2) is 0 Å². The van der Waals surface area contributed by atoms with Crippen molar-refractivity contribution in [3.8, 4) is 0 Å². The fourth-order valence-corrected chi connectivity index (χ4v) is 1.93. The highest BCUT2D eigenvalue weighted by atomic mass is 16.5. The van der Waals surface area contributed by atoms with E-state index in [4.69, 9.17) is 0 Å². The maximum absolute atomic E-state index is 11.6. The largest absolute Gasteiger partial charge is 0.468 e. The summed E-state index contributed by atoms with van der Waals surface area (Å²) in [4.78, 5) is 24.8. The van der Waals surface area contributed by atoms with Crippen molar-refractivity contribution in [1.82, 2.24) is 10.2 Å². The molecular weight excluding hydrogens is 220 g/mol. The van der Waals surface area contributed by atoms with E-state index in [0.29, 0.717) is 6.54 Å². The molecule has 1 atom stereocenters. The van der Waals surface area contributed by atoms with E-state index in [0.717, 1.165) is 25.9 Å². The summed E-state index contributed by atoms with van der Waals surface area (Å²) < 4.78 is 4.64. The average Bonchev–Trinajstić information content (AvgIpc) is 2.29. The molecule has 1 rings (SSSR count). The summed E-state index contributed by atoms with van der Waals surface area (Å²) in [5.41, 5.74) is 0. The Morgan fingerprint density at radius 3 is 2.76 bits per heavy atom. The maximum atomic E-state index is 11.6. The van der Waals surface area contributed by atoms with Gasteiger partial charge in [0, 0.05) is 18.5 Å². The summed E-state index contributed by atoms with van der Waals surface area (Å²) in [6.07, 6.45) is 1.98. The van der Waals surface area contributed by atoms with Crippen molar-refractivity contribution >= 4 is 11.9 Å². The third kappa shape index (κ3) is 4.73. The lowest BCUT2D eigenvalue weighted by Gasteiger charge is -2.32. The molecule has 17 heavy (non-hydrogen) atoms. The highest BCUT2D eigenvalue weighted by molar-refractivity contribution is 5.78. The van der Waals surface area contributed by atoms with E-state index in [1.807, 2.05) is 18.7 Å². The van der Waals surface area contributed by atoms with E-state index in [1.165, 1.54) is 7.11 Å². The molecule has 0 saturated carbocycles. The van der Waals surface area contributed by atoms with Crippen LogP contribution in [0.1, 0.15) is 26.7 Å². The van der Waals surface area contributed by atoms with Crippen LogP contribution >= 0.6 is 0 Å². The van der Waals surface area contributed by atoms with Crippen LogP contribution in [0, 0.1) is 5.92 Å². The van der Waals surface area contributed by atoms with Crippen molar-refractivity contribution in [3.05, 3.63) is 0 Å². The molecular formula is C12H22N2O3. The summed E-state index contributed by atoms with van der Waals surface area (Å²) in [7, 11) is 1.39. The number of amides is 1. The summed E-state index contributed by atoms with van der Waals surface area (Å²) in [6, 6.07) is 0.156. The molecule has 1 aliphatic heterocycles. The second kappa shape index (κ2) is 6.59. The molecule has 1 saturated heterocycles. The number of nitrogens with one attached hydrogen (secondary N) is 1. The normalized spacial score (nSPS) is 21.3. The number of rotatable bonds is 4. The van der Waals surface area contributed by atoms with Crippen LogP contribution in [0.25, 0.3) is 0 Å². The number of hydrogen-bond donors (Lipinski definition) is 1. The zero-order chi connectivity index (χ0) is 12.8. The number of nitrogens with zero attached hydrogens (tertiary/aromatic N) is 1. The van der Waals surface area contributed by atoms with Crippen molar-refractivity contribution in [3.63, 3.8) is 0 Å². The molecule has 5 nitrogen and oxygen atoms in total. The molecule has 1 aliphatic rings. The van der Waals surface area contributed by atoms with Crippen LogP contribution in [0.4, 0.5) is 0 Å². The molecule has 1 N–H and O–H groups in total. The fourth-order valence-electron chi connectivity index (χ4n) is 1.93. The number of methoxy groups -OCH3 is 1. The van der Waals surface area contributed by atoms with Gasteiger partial charge in [-0.1, -0.05) is 13.8 Å². The van der Waals surface area contributed by atoms with Gasteiger partial charge in [0.25, 0.3) is 0 Å². The van der Waals surface area contributed by atoms with Crippen molar-refractivity contribution in [2.75, 3.05) is 26.7 Å². The highest BCUT2D eigenvalue weighted by Gasteiger charge is 2.23. The molecule has 1 unspecified atom stereocenters. The number of carbonyl (C=O) groups excluding carboxylic acids is 2. The Balaban J connectivity index is 2.38. The van der Waals surface area contributed by atoms with Gasteiger partial charge in [-0.25, -0.2) is 0 Å². The first-order chi connectivity index (χ1) is 8.02. The van der Waals surface area contributed by atoms with Gasteiger partial charge in [-0.15, -0.1) is 0 Å². The molecule has 98 valence electrons. The Labute approximate surface area is 102 Å². The first kappa shape index (κ1) is 14.0. The summed E-state index contributed by atoms with van der Waals surface area (Å²) in [6.45, 7) is 5.69. The molecule has 1 amide bonds. The molecule has 0 spiro atoms. The second-order valence-electron chi connectivity index (χ2n) is 4.81. The van der Waals surface area contributed by atoms with Crippen LogP contribution in [-0.4, -0.2) is 49.6 Å². The fraction of sp³-hybridized carbons (Fsp3) is 0.833. The third-order valence-corrected chi connectivity index (χ3v) is 2.96. The number of ether oxygens (including phenoxy) is 1. The van der Waals surface area contributed by atoms with Crippen LogP contribution in [0.5, 0.6) is 0 Å². The lowest BCUT2D eigenvalue weighted by Crippen LogP contribution is -2.49. The van der Waals surface area contributed by atoms with Gasteiger partial charge in [0.2, 0.25) is 5.91 Å². The van der Waals surface area contributed by atoms with Crippen LogP contribution in [0.2, 0.25) is 0 Å². The van der Waals surface area contributed by atoms with Crippen molar-refractivity contribution in [1.29, 1.82) is 0 Å². The van der Waals surface area contributed by atoms with Crippen molar-refractivity contribution < 1.29 is 14.3 Å². The number of esters is 1. The molecule has 1 heterocycles. The number of carbonyl (C=O) groups is 2. The van der Waals surface area contributed by atoms with Gasteiger partial charge in [-0.2, -0.15) is 0 Å². The first-order valence-electron chi connectivity index (χ1n) is 6.12. The standard InChI is InChI=1S/C12H22N2O3/c1-9(2)12(16)13-10-5-4-6-14(7-10)8-11(15)17-3/h9-10H,4-8H2,1-3H3,(H,13,16). The van der Waals surface area contributed by atoms with Crippen LogP contribution in [0.3, 0.4) is 0 Å². The van der Waals surface area contributed by atoms with Gasteiger partial charge in [-0.05, 0) is 19.4 Å². The molecule has 0 aliphatic carbocycles. The Bertz CT molecular complexity index is 279. The van der Waals surface area contributed by atoms with E-state index in [9.17, 15) is 9.59 Å². The van der Waals surface area contributed by atoms with Gasteiger partial charge in [-0.3, -0.25) is 14.5 Å². The highest BCUT2D eigenvalue weighted by Crippen LogP contribution is 2.10. The Morgan fingerprint density at radius 1 is 1.47 bits per heavy atom. The molecule has 1 fully saturated rings. The summed E-state index contributed by atoms with van der Waals surface area (Å²) in [5.74, 6) is -0.137. The molecule has 0 aromatic carbocycles. The number of hydrogen-bond acceptors (Lipinski definition) is 4. The first-order valence-corrected chi connectivity index (χ1v) is 6.12. The quantitative estimate of drug-likeness (QED) is 0.725. The van der Waals surface area contributed by atoms with Crippen LogP contribution in [0.15, 0.2) is 0 Å². The maximum Gasteiger partial charge on any atom is 0.319 e. The minimum atomic E-state index is -0.221. The van der Waals surface area contributed by atoms with Gasteiger partial charge in [0.05, 0.1) is 13.7 Å². The molecule has 0 aromatic rings. The van der Waals surface area contributed by atoms with Crippen molar-refractivity contribution in [2.24, 2.45) is 5.92 Å². The van der Waals surface area contributed by atoms with E-state index in [1.54, 1.807) is 0 Å². The zero-order valence-corrected chi connectivity index (χ0v) is 10.9. The zero-order valence-electron chi connectivity index (χ0n) is 10.9. The second-order valence-corrected chi connectivity index (χ2v) is 4.81. The number of likely N-dealkylation sites (tertiary alicyclic amines) is 1. The molecule has 0 aromatic heterocycles. The van der Waals surface area contributed by atoms with E-state index < -0.39 is 0 Å². The van der Waals surface area contributed by atoms with E-state index in [-0.39, 0.29) is 23.8 Å². The predicted octanol–water partition coefficient (Wildman–Crippen LogP) is 0.396. The Hall–Kier alpha value is -1.10. The smallest absolute Gasteiger partial charge is 0.319 e.